The summed E-state index contributed by atoms with van der Waals surface area (Å²) in [4.78, 5) is 12.1. The van der Waals surface area contributed by atoms with Crippen molar-refractivity contribution in [3.63, 3.8) is 0 Å². The zero-order valence-electron chi connectivity index (χ0n) is 12.6. The lowest BCUT2D eigenvalue weighted by atomic mass is 10.0. The maximum absolute atomic E-state index is 12.1. The second kappa shape index (κ2) is 7.44. The van der Waals surface area contributed by atoms with Crippen LogP contribution < -0.4 is 5.32 Å². The first-order valence-electron chi connectivity index (χ1n) is 7.39. The Labute approximate surface area is 126 Å². The molecule has 21 heavy (non-hydrogen) atoms. The topological polar surface area (TPSA) is 29.1 Å². The summed E-state index contributed by atoms with van der Waals surface area (Å²) < 4.78 is 0. The molecule has 0 bridgehead atoms. The lowest BCUT2D eigenvalue weighted by Gasteiger charge is -2.13. The Morgan fingerprint density at radius 1 is 0.952 bits per heavy atom. The van der Waals surface area contributed by atoms with E-state index in [9.17, 15) is 4.79 Å². The fourth-order valence-electron chi connectivity index (χ4n) is 2.30. The number of amides is 1. The average Bonchev–Trinajstić information content (AvgIpc) is 2.54. The number of carbonyl (C=O) groups excluding carboxylic acids is 1. The number of hydrogen-bond acceptors (Lipinski definition) is 1. The predicted molar refractivity (Wildman–Crippen MR) is 89.3 cm³/mol. The highest BCUT2D eigenvalue weighted by molar-refractivity contribution is 6.02. The number of carbonyl (C=O) groups is 1. The van der Waals surface area contributed by atoms with Crippen molar-refractivity contribution in [1.29, 1.82) is 0 Å². The van der Waals surface area contributed by atoms with E-state index >= 15 is 0 Å². The predicted octanol–water partition coefficient (Wildman–Crippen LogP) is 4.46. The number of rotatable bonds is 5. The van der Waals surface area contributed by atoms with Crippen LogP contribution in [-0.2, 0) is 17.6 Å². The van der Waals surface area contributed by atoms with Crippen LogP contribution in [-0.4, -0.2) is 5.91 Å². The fraction of sp³-hybridized carbons (Fsp3) is 0.211. The van der Waals surface area contributed by atoms with Crippen LogP contribution in [0.2, 0.25) is 0 Å². The van der Waals surface area contributed by atoms with Crippen molar-refractivity contribution in [2.24, 2.45) is 0 Å². The van der Waals surface area contributed by atoms with E-state index in [1.165, 1.54) is 11.1 Å². The second-order valence-corrected chi connectivity index (χ2v) is 4.89. The molecule has 0 aliphatic heterocycles. The molecule has 0 saturated carbocycles. The first kappa shape index (κ1) is 15.0. The van der Waals surface area contributed by atoms with Gasteiger partial charge in [0, 0.05) is 11.8 Å². The van der Waals surface area contributed by atoms with E-state index in [0.29, 0.717) is 0 Å². The highest BCUT2D eigenvalue weighted by atomic mass is 16.1. The van der Waals surface area contributed by atoms with Crippen LogP contribution >= 0.6 is 0 Å². The normalized spacial score (nSPS) is 10.8. The molecule has 0 aliphatic rings. The molecule has 0 aromatic heterocycles. The van der Waals surface area contributed by atoms with Crippen LogP contribution in [0.1, 0.15) is 30.5 Å². The molecule has 2 rings (SSSR count). The Morgan fingerprint density at radius 3 is 2.14 bits per heavy atom. The smallest absolute Gasteiger partial charge is 0.248 e. The molecule has 0 atom stereocenters. The summed E-state index contributed by atoms with van der Waals surface area (Å²) >= 11 is 0. The first-order chi connectivity index (χ1) is 10.2. The molecule has 0 spiro atoms. The van der Waals surface area contributed by atoms with E-state index in [-0.39, 0.29) is 5.91 Å². The van der Waals surface area contributed by atoms with Crippen LogP contribution in [0.5, 0.6) is 0 Å². The summed E-state index contributed by atoms with van der Waals surface area (Å²) in [5.74, 6) is -0.0885. The Bertz CT molecular complexity index is 607. The highest BCUT2D eigenvalue weighted by Gasteiger charge is 2.07. The van der Waals surface area contributed by atoms with E-state index in [4.69, 9.17) is 0 Å². The summed E-state index contributed by atoms with van der Waals surface area (Å²) in [5, 5.41) is 3.03. The Balaban J connectivity index is 2.14. The molecule has 1 amide bonds. The summed E-state index contributed by atoms with van der Waals surface area (Å²) in [6.07, 6.45) is 5.23. The van der Waals surface area contributed by atoms with Gasteiger partial charge in [-0.05, 0) is 35.6 Å². The van der Waals surface area contributed by atoms with Gasteiger partial charge in [0.15, 0.2) is 0 Å². The molecule has 0 heterocycles. The maximum Gasteiger partial charge on any atom is 0.248 e. The van der Waals surface area contributed by atoms with E-state index in [2.05, 4.69) is 31.3 Å². The molecule has 0 aliphatic carbocycles. The van der Waals surface area contributed by atoms with Gasteiger partial charge in [0.1, 0.15) is 0 Å². The van der Waals surface area contributed by atoms with Crippen molar-refractivity contribution >= 4 is 17.7 Å². The van der Waals surface area contributed by atoms with Gasteiger partial charge in [0.05, 0.1) is 0 Å². The molecule has 2 aromatic carbocycles. The summed E-state index contributed by atoms with van der Waals surface area (Å²) in [5.41, 5.74) is 4.34. The minimum absolute atomic E-state index is 0.0885. The van der Waals surface area contributed by atoms with Gasteiger partial charge in [-0.3, -0.25) is 4.79 Å². The number of aryl methyl sites for hydroxylation is 2. The molecule has 0 unspecified atom stereocenters. The third-order valence-electron chi connectivity index (χ3n) is 3.47. The zero-order chi connectivity index (χ0) is 15.1. The highest BCUT2D eigenvalue weighted by Crippen LogP contribution is 2.22. The summed E-state index contributed by atoms with van der Waals surface area (Å²) in [6.45, 7) is 4.20. The van der Waals surface area contributed by atoms with Crippen LogP contribution in [0.15, 0.2) is 54.6 Å². The number of hydrogen-bond donors (Lipinski definition) is 1. The monoisotopic (exact) mass is 279 g/mol. The minimum atomic E-state index is -0.0885. The number of nitrogens with one attached hydrogen (secondary N) is 1. The average molecular weight is 279 g/mol. The molecular weight excluding hydrogens is 258 g/mol. The van der Waals surface area contributed by atoms with Gasteiger partial charge >= 0.3 is 0 Å². The molecule has 2 heteroatoms. The SMILES string of the molecule is CCc1cccc(CC)c1NC(=O)/C=C/c1ccccc1. The van der Waals surface area contributed by atoms with Gasteiger partial charge in [-0.1, -0.05) is 62.4 Å². The standard InChI is InChI=1S/C19H21NO/c1-3-16-11-8-12-17(4-2)19(16)20-18(21)14-13-15-9-6-5-7-10-15/h5-14H,3-4H2,1-2H3,(H,20,21)/b14-13+. The van der Waals surface area contributed by atoms with Crippen molar-refractivity contribution in [3.05, 3.63) is 71.3 Å². The quantitative estimate of drug-likeness (QED) is 0.804. The lowest BCUT2D eigenvalue weighted by Crippen LogP contribution is -2.11. The molecule has 2 nitrogen and oxygen atoms in total. The van der Waals surface area contributed by atoms with Gasteiger partial charge in [-0.15, -0.1) is 0 Å². The van der Waals surface area contributed by atoms with Crippen molar-refractivity contribution in [1.82, 2.24) is 0 Å². The second-order valence-electron chi connectivity index (χ2n) is 4.89. The third kappa shape index (κ3) is 4.06. The minimum Gasteiger partial charge on any atom is -0.322 e. The first-order valence-corrected chi connectivity index (χ1v) is 7.39. The van der Waals surface area contributed by atoms with Crippen LogP contribution in [0.3, 0.4) is 0 Å². The Morgan fingerprint density at radius 2 is 1.57 bits per heavy atom. The Kier molecular flexibility index (Phi) is 5.33. The molecule has 2 aromatic rings. The van der Waals surface area contributed by atoms with Gasteiger partial charge in [0.2, 0.25) is 5.91 Å². The third-order valence-corrected chi connectivity index (χ3v) is 3.47. The molecule has 108 valence electrons. The van der Waals surface area contributed by atoms with Gasteiger partial charge in [0.25, 0.3) is 0 Å². The molecule has 0 fully saturated rings. The Hall–Kier alpha value is -2.35. The van der Waals surface area contributed by atoms with E-state index in [0.717, 1.165) is 24.1 Å². The molecular formula is C19H21NO. The zero-order valence-corrected chi connectivity index (χ0v) is 12.6. The van der Waals surface area contributed by atoms with Crippen molar-refractivity contribution < 1.29 is 4.79 Å². The van der Waals surface area contributed by atoms with E-state index in [1.807, 2.05) is 42.5 Å². The van der Waals surface area contributed by atoms with E-state index < -0.39 is 0 Å². The van der Waals surface area contributed by atoms with Crippen LogP contribution in [0, 0.1) is 0 Å². The van der Waals surface area contributed by atoms with Crippen LogP contribution in [0.4, 0.5) is 5.69 Å². The van der Waals surface area contributed by atoms with Gasteiger partial charge in [-0.25, -0.2) is 0 Å². The fourth-order valence-corrected chi connectivity index (χ4v) is 2.30. The largest absolute Gasteiger partial charge is 0.322 e. The van der Waals surface area contributed by atoms with Gasteiger partial charge < -0.3 is 5.32 Å². The van der Waals surface area contributed by atoms with Crippen molar-refractivity contribution in [2.75, 3.05) is 5.32 Å². The lowest BCUT2D eigenvalue weighted by molar-refractivity contribution is -0.111. The molecule has 0 radical (unpaired) electrons. The maximum atomic E-state index is 12.1. The summed E-state index contributed by atoms with van der Waals surface area (Å²) in [6, 6.07) is 16.0. The number of para-hydroxylation sites is 1. The number of benzene rings is 2. The molecule has 1 N–H and O–H groups in total. The van der Waals surface area contributed by atoms with E-state index in [1.54, 1.807) is 6.08 Å². The van der Waals surface area contributed by atoms with Crippen molar-refractivity contribution in [3.8, 4) is 0 Å². The van der Waals surface area contributed by atoms with Crippen LogP contribution in [0.25, 0.3) is 6.08 Å². The van der Waals surface area contributed by atoms with Gasteiger partial charge in [-0.2, -0.15) is 0 Å². The van der Waals surface area contributed by atoms with Crippen molar-refractivity contribution in [2.45, 2.75) is 26.7 Å². The number of anilines is 1. The summed E-state index contributed by atoms with van der Waals surface area (Å²) in [7, 11) is 0. The molecule has 0 saturated heterocycles.